The molecule has 0 aromatic rings. The van der Waals surface area contributed by atoms with Crippen LogP contribution in [0.25, 0.3) is 0 Å². The molecule has 3 heteroatoms. The van der Waals surface area contributed by atoms with Crippen molar-refractivity contribution in [2.75, 3.05) is 6.61 Å². The Balaban J connectivity index is 3.03. The van der Waals surface area contributed by atoms with Gasteiger partial charge in [-0.2, -0.15) is 0 Å². The van der Waals surface area contributed by atoms with E-state index in [2.05, 4.69) is 6.92 Å². The number of rotatable bonds is 28. The molecule has 1 atom stereocenters. The molecule has 0 spiro atoms. The fraction of sp³-hybridized carbons (Fsp3) is 0.967. The number of unbranched alkanes of at least 4 members (excludes halogenated alkanes) is 23. The van der Waals surface area contributed by atoms with Crippen LogP contribution in [0.3, 0.4) is 0 Å². The summed E-state index contributed by atoms with van der Waals surface area (Å²) < 4.78 is 0. The van der Waals surface area contributed by atoms with E-state index in [0.717, 1.165) is 12.8 Å². The smallest absolute Gasteiger partial charge is 0.303 e. The van der Waals surface area contributed by atoms with E-state index in [0.29, 0.717) is 18.9 Å². The number of carboxylic acid groups (broad SMARTS) is 1. The van der Waals surface area contributed by atoms with Gasteiger partial charge in [0.2, 0.25) is 0 Å². The Hall–Kier alpha value is -0.570. The van der Waals surface area contributed by atoms with Crippen LogP contribution >= 0.6 is 0 Å². The molecule has 0 aliphatic rings. The minimum absolute atomic E-state index is 0.341. The summed E-state index contributed by atoms with van der Waals surface area (Å²) in [7, 11) is 0. The lowest BCUT2D eigenvalue weighted by Crippen LogP contribution is -1.99. The molecule has 1 unspecified atom stereocenters. The molecule has 0 bridgehead atoms. The zero-order valence-corrected chi connectivity index (χ0v) is 22.5. The third-order valence-corrected chi connectivity index (χ3v) is 7.15. The molecule has 0 saturated carbocycles. The maximum Gasteiger partial charge on any atom is 0.303 e. The predicted octanol–water partition coefficient (Wildman–Crippen LogP) is 9.84. The largest absolute Gasteiger partial charge is 0.481 e. The van der Waals surface area contributed by atoms with Crippen molar-refractivity contribution in [2.24, 2.45) is 5.92 Å². The summed E-state index contributed by atoms with van der Waals surface area (Å²) >= 11 is 0. The quantitative estimate of drug-likeness (QED) is 0.112. The maximum atomic E-state index is 10.4. The van der Waals surface area contributed by atoms with Crippen LogP contribution in [0.15, 0.2) is 0 Å². The van der Waals surface area contributed by atoms with Gasteiger partial charge in [-0.05, 0) is 18.8 Å². The van der Waals surface area contributed by atoms with Crippen molar-refractivity contribution in [3.05, 3.63) is 0 Å². The minimum atomic E-state index is -0.653. The van der Waals surface area contributed by atoms with E-state index in [1.807, 2.05) is 0 Å². The van der Waals surface area contributed by atoms with Gasteiger partial charge in [0.05, 0.1) is 0 Å². The van der Waals surface area contributed by atoms with Crippen LogP contribution in [0.2, 0.25) is 0 Å². The van der Waals surface area contributed by atoms with Crippen LogP contribution in [0, 0.1) is 5.92 Å². The van der Waals surface area contributed by atoms with Gasteiger partial charge in [0.15, 0.2) is 0 Å². The monoisotopic (exact) mass is 468 g/mol. The Kier molecular flexibility index (Phi) is 27.2. The highest BCUT2D eigenvalue weighted by Crippen LogP contribution is 2.16. The molecule has 0 heterocycles. The summed E-state index contributed by atoms with van der Waals surface area (Å²) in [6.07, 6.45) is 34.1. The van der Waals surface area contributed by atoms with Crippen LogP contribution in [-0.2, 0) is 4.79 Å². The van der Waals surface area contributed by atoms with E-state index in [9.17, 15) is 4.79 Å². The molecular formula is C30H60O3. The molecule has 33 heavy (non-hydrogen) atoms. The highest BCUT2D eigenvalue weighted by atomic mass is 16.4. The second kappa shape index (κ2) is 27.7. The fourth-order valence-electron chi connectivity index (χ4n) is 4.75. The number of aliphatic hydroxyl groups is 1. The van der Waals surface area contributed by atoms with Crippen LogP contribution in [0.1, 0.15) is 174 Å². The molecular weight excluding hydrogens is 408 g/mol. The normalized spacial score (nSPS) is 12.3. The third kappa shape index (κ3) is 29.4. The van der Waals surface area contributed by atoms with Crippen LogP contribution in [0.4, 0.5) is 0 Å². The minimum Gasteiger partial charge on any atom is -0.481 e. The van der Waals surface area contributed by atoms with Crippen molar-refractivity contribution >= 4 is 5.97 Å². The average molecular weight is 469 g/mol. The Labute approximate surface area is 207 Å². The topological polar surface area (TPSA) is 57.5 Å². The molecule has 0 fully saturated rings. The highest BCUT2D eigenvalue weighted by molar-refractivity contribution is 5.66. The Bertz CT molecular complexity index is 383. The summed E-state index contributed by atoms with van der Waals surface area (Å²) in [6.45, 7) is 2.49. The first-order chi connectivity index (χ1) is 16.2. The molecule has 0 aromatic heterocycles. The number of carboxylic acids is 1. The van der Waals surface area contributed by atoms with Gasteiger partial charge < -0.3 is 10.2 Å². The van der Waals surface area contributed by atoms with Gasteiger partial charge >= 0.3 is 5.97 Å². The average Bonchev–Trinajstić information content (AvgIpc) is 2.80. The predicted molar refractivity (Wildman–Crippen MR) is 144 cm³/mol. The lowest BCUT2D eigenvalue weighted by Gasteiger charge is -2.07. The van der Waals surface area contributed by atoms with Crippen molar-refractivity contribution in [3.8, 4) is 0 Å². The molecule has 3 nitrogen and oxygen atoms in total. The molecule has 0 aromatic carbocycles. The molecule has 0 aliphatic carbocycles. The van der Waals surface area contributed by atoms with Gasteiger partial charge in [0.25, 0.3) is 0 Å². The number of aliphatic hydroxyl groups excluding tert-OH is 1. The first kappa shape index (κ1) is 32.4. The van der Waals surface area contributed by atoms with Crippen molar-refractivity contribution in [1.29, 1.82) is 0 Å². The Morgan fingerprint density at radius 2 is 0.727 bits per heavy atom. The van der Waals surface area contributed by atoms with Gasteiger partial charge in [0, 0.05) is 13.0 Å². The van der Waals surface area contributed by atoms with Gasteiger partial charge in [-0.25, -0.2) is 0 Å². The first-order valence-electron chi connectivity index (χ1n) is 15.0. The van der Waals surface area contributed by atoms with Gasteiger partial charge in [-0.3, -0.25) is 4.79 Å². The lowest BCUT2D eigenvalue weighted by atomic mass is 10.0. The Morgan fingerprint density at radius 3 is 0.970 bits per heavy atom. The zero-order valence-electron chi connectivity index (χ0n) is 22.5. The summed E-state index contributed by atoms with van der Waals surface area (Å²) in [6, 6.07) is 0. The number of hydrogen-bond acceptors (Lipinski definition) is 2. The summed E-state index contributed by atoms with van der Waals surface area (Å²) in [5, 5.41) is 17.6. The summed E-state index contributed by atoms with van der Waals surface area (Å²) in [4.78, 5) is 10.4. The second-order valence-corrected chi connectivity index (χ2v) is 10.7. The lowest BCUT2D eigenvalue weighted by molar-refractivity contribution is -0.137. The van der Waals surface area contributed by atoms with Crippen LogP contribution < -0.4 is 0 Å². The molecule has 0 amide bonds. The van der Waals surface area contributed by atoms with Crippen molar-refractivity contribution in [3.63, 3.8) is 0 Å². The van der Waals surface area contributed by atoms with Gasteiger partial charge in [0.1, 0.15) is 0 Å². The molecule has 198 valence electrons. The Morgan fingerprint density at radius 1 is 0.485 bits per heavy atom. The van der Waals surface area contributed by atoms with Gasteiger partial charge in [-0.1, -0.05) is 155 Å². The fourth-order valence-corrected chi connectivity index (χ4v) is 4.75. The van der Waals surface area contributed by atoms with Crippen LogP contribution in [0.5, 0.6) is 0 Å². The van der Waals surface area contributed by atoms with E-state index in [1.54, 1.807) is 0 Å². The van der Waals surface area contributed by atoms with E-state index >= 15 is 0 Å². The third-order valence-electron chi connectivity index (χ3n) is 7.15. The number of carbonyl (C=O) groups is 1. The highest BCUT2D eigenvalue weighted by Gasteiger charge is 2.00. The molecule has 0 radical (unpaired) electrons. The van der Waals surface area contributed by atoms with E-state index < -0.39 is 5.97 Å². The van der Waals surface area contributed by atoms with E-state index in [4.69, 9.17) is 10.2 Å². The number of aliphatic carboxylic acids is 1. The molecule has 0 saturated heterocycles. The molecule has 0 aliphatic heterocycles. The summed E-state index contributed by atoms with van der Waals surface area (Å²) in [5.41, 5.74) is 0. The van der Waals surface area contributed by atoms with Crippen molar-refractivity contribution in [1.82, 2.24) is 0 Å². The number of hydrogen-bond donors (Lipinski definition) is 2. The maximum absolute atomic E-state index is 10.4. The van der Waals surface area contributed by atoms with E-state index in [1.165, 1.54) is 148 Å². The first-order valence-corrected chi connectivity index (χ1v) is 15.0. The van der Waals surface area contributed by atoms with Crippen molar-refractivity contribution in [2.45, 2.75) is 174 Å². The summed E-state index contributed by atoms with van der Waals surface area (Å²) in [5.74, 6) is -0.161. The van der Waals surface area contributed by atoms with E-state index in [-0.39, 0.29) is 0 Å². The SMILES string of the molecule is CC(CO)CCCCCCCCCCCCCCCCCCCCCCCCCCC(=O)O. The van der Waals surface area contributed by atoms with Gasteiger partial charge in [-0.15, -0.1) is 0 Å². The second-order valence-electron chi connectivity index (χ2n) is 10.7. The standard InChI is InChI=1S/C30H60O3/c1-29(28-31)26-24-22-20-18-16-14-12-10-8-6-4-2-3-5-7-9-11-13-15-17-19-21-23-25-27-30(32)33/h29,31H,2-28H2,1H3,(H,32,33). The molecule has 0 rings (SSSR count). The van der Waals surface area contributed by atoms with Crippen molar-refractivity contribution < 1.29 is 15.0 Å². The van der Waals surface area contributed by atoms with Crippen LogP contribution in [-0.4, -0.2) is 22.8 Å². The molecule has 2 N–H and O–H groups in total. The zero-order chi connectivity index (χ0) is 24.2.